The average Bonchev–Trinajstić information content (AvgIpc) is 2.72. The Labute approximate surface area is 117 Å². The second kappa shape index (κ2) is 4.96. The molecule has 3 aromatic rings. The van der Waals surface area contributed by atoms with E-state index in [-0.39, 0.29) is 5.69 Å². The molecular formula is C16H17N3O. The standard InChI is InChI=1S/C16H17N3O/c1-3-18-14-6-4-5-7-15(14)19(16(18)20)11-13-8-12(2)9-17-10-13/h4-10H,3,11H2,1-2H3. The first-order valence-corrected chi connectivity index (χ1v) is 6.79. The number of para-hydroxylation sites is 2. The van der Waals surface area contributed by atoms with Gasteiger partial charge < -0.3 is 0 Å². The van der Waals surface area contributed by atoms with Crippen molar-refractivity contribution in [3.8, 4) is 0 Å². The zero-order valence-electron chi connectivity index (χ0n) is 11.7. The molecule has 0 aliphatic heterocycles. The SMILES string of the molecule is CCn1c(=O)n(Cc2cncc(C)c2)c2ccccc21. The van der Waals surface area contributed by atoms with Crippen molar-refractivity contribution in [2.45, 2.75) is 26.9 Å². The number of aromatic nitrogens is 3. The summed E-state index contributed by atoms with van der Waals surface area (Å²) in [6.07, 6.45) is 3.64. The number of aryl methyl sites for hydroxylation is 2. The monoisotopic (exact) mass is 267 g/mol. The lowest BCUT2D eigenvalue weighted by Crippen LogP contribution is -2.24. The molecule has 0 atom stereocenters. The summed E-state index contributed by atoms with van der Waals surface area (Å²) < 4.78 is 3.62. The fraction of sp³-hybridized carbons (Fsp3) is 0.250. The van der Waals surface area contributed by atoms with E-state index in [0.717, 1.165) is 22.2 Å². The molecule has 1 aromatic carbocycles. The van der Waals surface area contributed by atoms with E-state index < -0.39 is 0 Å². The Kier molecular flexibility index (Phi) is 3.14. The van der Waals surface area contributed by atoms with Gasteiger partial charge in [0.1, 0.15) is 0 Å². The second-order valence-corrected chi connectivity index (χ2v) is 4.97. The normalized spacial score (nSPS) is 11.1. The van der Waals surface area contributed by atoms with E-state index in [1.54, 1.807) is 4.57 Å². The molecule has 0 bridgehead atoms. The Morgan fingerprint density at radius 3 is 2.45 bits per heavy atom. The third-order valence-corrected chi connectivity index (χ3v) is 3.51. The molecule has 0 unspecified atom stereocenters. The summed E-state index contributed by atoms with van der Waals surface area (Å²) in [6, 6.07) is 9.98. The molecule has 0 spiro atoms. The summed E-state index contributed by atoms with van der Waals surface area (Å²) in [5.74, 6) is 0. The van der Waals surface area contributed by atoms with Crippen LogP contribution < -0.4 is 5.69 Å². The predicted octanol–water partition coefficient (Wildman–Crippen LogP) is 2.57. The van der Waals surface area contributed by atoms with Gasteiger partial charge in [0.2, 0.25) is 0 Å². The molecule has 0 fully saturated rings. The first-order valence-electron chi connectivity index (χ1n) is 6.79. The maximum atomic E-state index is 12.5. The number of benzene rings is 1. The van der Waals surface area contributed by atoms with Gasteiger partial charge in [-0.15, -0.1) is 0 Å². The van der Waals surface area contributed by atoms with Crippen LogP contribution in [0.25, 0.3) is 11.0 Å². The van der Waals surface area contributed by atoms with Crippen LogP contribution in [0.2, 0.25) is 0 Å². The Morgan fingerprint density at radius 2 is 1.80 bits per heavy atom. The van der Waals surface area contributed by atoms with E-state index in [2.05, 4.69) is 11.1 Å². The molecule has 102 valence electrons. The quantitative estimate of drug-likeness (QED) is 0.731. The summed E-state index contributed by atoms with van der Waals surface area (Å²) in [4.78, 5) is 16.7. The van der Waals surface area contributed by atoms with Crippen LogP contribution in [0.5, 0.6) is 0 Å². The Hall–Kier alpha value is -2.36. The van der Waals surface area contributed by atoms with Gasteiger partial charge in [-0.1, -0.05) is 18.2 Å². The number of nitrogens with zero attached hydrogens (tertiary/aromatic N) is 3. The molecule has 0 saturated heterocycles. The van der Waals surface area contributed by atoms with E-state index in [0.29, 0.717) is 13.1 Å². The smallest absolute Gasteiger partial charge is 0.292 e. The molecule has 3 rings (SSSR count). The van der Waals surface area contributed by atoms with Crippen LogP contribution in [-0.4, -0.2) is 14.1 Å². The molecule has 0 aliphatic carbocycles. The molecule has 20 heavy (non-hydrogen) atoms. The van der Waals surface area contributed by atoms with Crippen LogP contribution in [-0.2, 0) is 13.1 Å². The fourth-order valence-electron chi connectivity index (χ4n) is 2.62. The maximum absolute atomic E-state index is 12.5. The molecule has 0 radical (unpaired) electrons. The first kappa shape index (κ1) is 12.7. The van der Waals surface area contributed by atoms with Gasteiger partial charge in [0, 0.05) is 18.9 Å². The highest BCUT2D eigenvalue weighted by atomic mass is 16.1. The molecule has 0 N–H and O–H groups in total. The largest absolute Gasteiger partial charge is 0.329 e. The fourth-order valence-corrected chi connectivity index (χ4v) is 2.62. The van der Waals surface area contributed by atoms with E-state index in [1.165, 1.54) is 0 Å². The molecule has 2 heterocycles. The van der Waals surface area contributed by atoms with Crippen LogP contribution in [0.3, 0.4) is 0 Å². The molecule has 0 aliphatic rings. The van der Waals surface area contributed by atoms with Gasteiger partial charge in [-0.3, -0.25) is 14.1 Å². The van der Waals surface area contributed by atoms with Crippen molar-refractivity contribution in [2.24, 2.45) is 0 Å². The van der Waals surface area contributed by atoms with Gasteiger partial charge in [-0.25, -0.2) is 4.79 Å². The summed E-state index contributed by atoms with van der Waals surface area (Å²) in [6.45, 7) is 5.24. The maximum Gasteiger partial charge on any atom is 0.329 e. The van der Waals surface area contributed by atoms with Gasteiger partial charge in [0.25, 0.3) is 0 Å². The number of rotatable bonds is 3. The van der Waals surface area contributed by atoms with Crippen molar-refractivity contribution in [3.63, 3.8) is 0 Å². The van der Waals surface area contributed by atoms with Gasteiger partial charge in [0.05, 0.1) is 17.6 Å². The lowest BCUT2D eigenvalue weighted by molar-refractivity contribution is 0.683. The van der Waals surface area contributed by atoms with Crippen LogP contribution in [0.15, 0.2) is 47.5 Å². The van der Waals surface area contributed by atoms with Gasteiger partial charge in [0.15, 0.2) is 0 Å². The number of hydrogen-bond acceptors (Lipinski definition) is 2. The Balaban J connectivity index is 2.16. The van der Waals surface area contributed by atoms with Crippen molar-refractivity contribution in [2.75, 3.05) is 0 Å². The summed E-state index contributed by atoms with van der Waals surface area (Å²) in [7, 11) is 0. The minimum Gasteiger partial charge on any atom is -0.292 e. The molecule has 2 aromatic heterocycles. The topological polar surface area (TPSA) is 39.8 Å². The van der Waals surface area contributed by atoms with Gasteiger partial charge in [-0.2, -0.15) is 0 Å². The minimum absolute atomic E-state index is 0.0372. The molecular weight excluding hydrogens is 250 g/mol. The van der Waals surface area contributed by atoms with Crippen molar-refractivity contribution in [1.29, 1.82) is 0 Å². The third-order valence-electron chi connectivity index (χ3n) is 3.51. The number of pyridine rings is 1. The second-order valence-electron chi connectivity index (χ2n) is 4.97. The molecule has 4 nitrogen and oxygen atoms in total. The lowest BCUT2D eigenvalue weighted by atomic mass is 10.2. The number of imidazole rings is 1. The molecule has 4 heteroatoms. The van der Waals surface area contributed by atoms with E-state index >= 15 is 0 Å². The average molecular weight is 267 g/mol. The van der Waals surface area contributed by atoms with Gasteiger partial charge >= 0.3 is 5.69 Å². The minimum atomic E-state index is 0.0372. The van der Waals surface area contributed by atoms with E-state index in [9.17, 15) is 4.79 Å². The Bertz CT molecular complexity index is 814. The van der Waals surface area contributed by atoms with Crippen molar-refractivity contribution < 1.29 is 0 Å². The van der Waals surface area contributed by atoms with Gasteiger partial charge in [-0.05, 0) is 37.1 Å². The number of fused-ring (bicyclic) bond motifs is 1. The molecule has 0 amide bonds. The summed E-state index contributed by atoms with van der Waals surface area (Å²) in [5, 5.41) is 0. The summed E-state index contributed by atoms with van der Waals surface area (Å²) >= 11 is 0. The van der Waals surface area contributed by atoms with Crippen LogP contribution >= 0.6 is 0 Å². The molecule has 0 saturated carbocycles. The number of hydrogen-bond donors (Lipinski definition) is 0. The highest BCUT2D eigenvalue weighted by Gasteiger charge is 2.11. The first-order chi connectivity index (χ1) is 9.70. The van der Waals surface area contributed by atoms with E-state index in [4.69, 9.17) is 0 Å². The third kappa shape index (κ3) is 2.03. The highest BCUT2D eigenvalue weighted by molar-refractivity contribution is 5.76. The Morgan fingerprint density at radius 1 is 1.10 bits per heavy atom. The van der Waals surface area contributed by atoms with Crippen molar-refractivity contribution in [1.82, 2.24) is 14.1 Å². The highest BCUT2D eigenvalue weighted by Crippen LogP contribution is 2.14. The van der Waals surface area contributed by atoms with Crippen LogP contribution in [0.1, 0.15) is 18.1 Å². The van der Waals surface area contributed by atoms with Crippen molar-refractivity contribution in [3.05, 3.63) is 64.3 Å². The van der Waals surface area contributed by atoms with Crippen LogP contribution in [0, 0.1) is 6.92 Å². The van der Waals surface area contributed by atoms with Crippen LogP contribution in [0.4, 0.5) is 0 Å². The zero-order valence-corrected chi connectivity index (χ0v) is 11.7. The lowest BCUT2D eigenvalue weighted by Gasteiger charge is -2.04. The zero-order chi connectivity index (χ0) is 14.1. The predicted molar refractivity (Wildman–Crippen MR) is 79.9 cm³/mol. The van der Waals surface area contributed by atoms with E-state index in [1.807, 2.05) is 55.1 Å². The van der Waals surface area contributed by atoms with Crippen molar-refractivity contribution >= 4 is 11.0 Å². The summed E-state index contributed by atoms with van der Waals surface area (Å²) in [5.41, 5.74) is 4.15.